The number of aromatic amines is 1. The van der Waals surface area contributed by atoms with Crippen LogP contribution >= 0.6 is 34.0 Å². The number of azo groups is 6. The molecule has 0 spiro atoms. The highest BCUT2D eigenvalue weighted by molar-refractivity contribution is 7.21. The number of H-pyrrole nitrogens is 1. The number of aryl methyl sites for hydroxylation is 7. The summed E-state index contributed by atoms with van der Waals surface area (Å²) in [6.07, 6.45) is 22.5. The van der Waals surface area contributed by atoms with E-state index in [9.17, 15) is 39.0 Å². The smallest absolute Gasteiger partial charge is 0.422 e. The molecule has 45 nitrogen and oxygen atoms in total. The lowest BCUT2D eigenvalue weighted by atomic mass is 10.3. The molecule has 12 aromatic heterocycles. The molecule has 0 saturated heterocycles. The average molecular weight is 1740 g/mol. The van der Waals surface area contributed by atoms with Gasteiger partial charge in [-0.2, -0.15) is 0 Å². The minimum Gasteiger partial charge on any atom is -0.492 e. The highest BCUT2D eigenvalue weighted by atomic mass is 32.1. The predicted octanol–water partition coefficient (Wildman–Crippen LogP) is 8.91. The zero-order chi connectivity index (χ0) is 86.4. The third-order valence-electron chi connectivity index (χ3n) is 21.8. The summed E-state index contributed by atoms with van der Waals surface area (Å²) in [5.41, 5.74) is 26.8. The number of benzene rings is 2. The van der Waals surface area contributed by atoms with Crippen molar-refractivity contribution in [1.82, 2.24) is 75.3 Å². The molecule has 0 atom stereocenters. The van der Waals surface area contributed by atoms with Crippen LogP contribution in [-0.4, -0.2) is 85.5 Å². The number of nitrogens with two attached hydrogens (primary N) is 4. The lowest BCUT2D eigenvalue weighted by Gasteiger charge is -2.17. The maximum absolute atomic E-state index is 12.4. The monoisotopic (exact) mass is 1740 g/mol. The molecule has 0 unspecified atom stereocenters. The van der Waals surface area contributed by atoms with Crippen molar-refractivity contribution in [2.75, 3.05) is 22.9 Å². The summed E-state index contributed by atoms with van der Waals surface area (Å²) in [4.78, 5) is 80.1. The quantitative estimate of drug-likeness (QED) is 0.0444. The second-order valence-electron chi connectivity index (χ2n) is 29.7. The fourth-order valence-corrected chi connectivity index (χ4v) is 17.5. The molecular weight excluding hydrogens is 1640 g/mol. The van der Waals surface area contributed by atoms with E-state index < -0.39 is 0 Å². The van der Waals surface area contributed by atoms with Crippen molar-refractivity contribution in [2.24, 2.45) is 111 Å². The molecule has 642 valence electrons. The normalized spacial score (nSPS) is 14.9. The summed E-state index contributed by atoms with van der Waals surface area (Å²) in [7, 11) is 13.2. The summed E-state index contributed by atoms with van der Waals surface area (Å²) in [5.74, 6) is 2.99. The van der Waals surface area contributed by atoms with Crippen molar-refractivity contribution >= 4 is 146 Å². The Morgan fingerprint density at radius 1 is 0.382 bits per heavy atom. The molecule has 0 radical (unpaired) electrons. The first-order valence-corrected chi connectivity index (χ1v) is 42.7. The van der Waals surface area contributed by atoms with Crippen LogP contribution in [0.1, 0.15) is 77.0 Å². The van der Waals surface area contributed by atoms with Crippen LogP contribution in [0.5, 0.6) is 11.8 Å². The summed E-state index contributed by atoms with van der Waals surface area (Å²) < 4.78 is 34.2. The molecule has 14 aromatic rings. The standard InChI is InChI=1S/C16H18N6O2.C15H16N6OS.C12H17N7O.C11H14N6OS.C11H13N5O2S.C10H13N7O/c1-19-11-7-3-4-8-12(11)20(2)16(19)18-17-13-14(23)21-9-5-6-10-22(21)15(13)24;1-19-10-6-2-3-7-11(10)23-15(19)18-17-12-13(16)20-8-4-5-9-21(20)14(12)22;1-16-7-8-17(2)12(16)15-14-9-10(13)18-5-3-4-6-19(18)11(9)20;1-15-6-7-19-11(15)14-13-8-9(12)16-4-2-3-5-17(16)10(8)18;1-14-6-7-19-11(14)13-12-8-9(17)15-4-2-3-5-16(15)10(8)18;11-8-7(14-15-10-12-3-4-13-10)9(18)17-6-2-1-5-16(8)17/h3-4,7-8H,5-6,9-10H2,1-2H3;2-3,6-7,16H,4-5,8-9H2,1H3;7-8,13H,3-6H2,1-2H3;6-7,12H,2-5H2,1H3;6-7H,2-5H2,1H3;3-4H,1-2,5-6,11H2,(H,12,13)/p+5. The average Bonchev–Trinajstić information content (AvgIpc) is 1.62. The predicted molar refractivity (Wildman–Crippen MR) is 457 cm³/mol. The maximum atomic E-state index is 12.4. The van der Waals surface area contributed by atoms with Crippen molar-refractivity contribution in [3.63, 3.8) is 0 Å². The van der Waals surface area contributed by atoms with Gasteiger partial charge in [-0.15, -0.1) is 10.2 Å². The number of aromatic hydroxyl groups is 2. The van der Waals surface area contributed by atoms with E-state index in [-0.39, 0.29) is 79.2 Å². The van der Waals surface area contributed by atoms with Gasteiger partial charge in [-0.3, -0.25) is 47.5 Å². The zero-order valence-corrected chi connectivity index (χ0v) is 71.3. The highest BCUT2D eigenvalue weighted by Crippen LogP contribution is 2.34. The minimum absolute atomic E-state index is 0.00200. The van der Waals surface area contributed by atoms with Crippen LogP contribution < -0.4 is 79.1 Å². The summed E-state index contributed by atoms with van der Waals surface area (Å²) in [6, 6.07) is 16.0. The lowest BCUT2D eigenvalue weighted by Crippen LogP contribution is -2.27. The number of imidazole rings is 3. The number of rotatable bonds is 12. The molecule has 0 saturated carbocycles. The Morgan fingerprint density at radius 2 is 0.732 bits per heavy atom. The summed E-state index contributed by atoms with van der Waals surface area (Å²) in [6.45, 7) is 8.28. The number of nitrogens with zero attached hydrogens (tertiary/aromatic N) is 32. The molecular formula is C75H96N37O8S3+5. The Kier molecular flexibility index (Phi) is 24.9. The number of hydrogen-bond acceptors (Lipinski definition) is 28. The summed E-state index contributed by atoms with van der Waals surface area (Å²) in [5, 5.41) is 75.1. The van der Waals surface area contributed by atoms with Crippen LogP contribution in [0, 0.1) is 0 Å². The van der Waals surface area contributed by atoms with Gasteiger partial charge < -0.3 is 38.1 Å². The number of nitrogens with one attached hydrogen (secondary N) is 1. The Bertz CT molecular complexity index is 6660. The van der Waals surface area contributed by atoms with Crippen molar-refractivity contribution in [3.8, 4) is 11.8 Å². The lowest BCUT2D eigenvalue weighted by molar-refractivity contribution is -0.657. The number of hydrogen-bond donors (Lipinski definition) is 7. The van der Waals surface area contributed by atoms with Crippen molar-refractivity contribution in [2.45, 2.75) is 156 Å². The fourth-order valence-electron chi connectivity index (χ4n) is 15.2. The van der Waals surface area contributed by atoms with Crippen molar-refractivity contribution in [3.05, 3.63) is 159 Å². The molecule has 123 heavy (non-hydrogen) atoms. The molecule has 48 heteroatoms. The number of aromatic nitrogens is 21. The van der Waals surface area contributed by atoms with Gasteiger partial charge in [-0.25, -0.2) is 74.4 Å². The number of nitrogen functional groups attached to an aromatic ring is 4. The molecule has 0 aliphatic carbocycles. The number of thiazole rings is 3. The third-order valence-corrected chi connectivity index (χ3v) is 24.6. The number of para-hydroxylation sites is 3. The van der Waals surface area contributed by atoms with Crippen LogP contribution in [0.25, 0.3) is 21.3 Å². The summed E-state index contributed by atoms with van der Waals surface area (Å²) >= 11 is 4.42. The van der Waals surface area contributed by atoms with E-state index in [0.29, 0.717) is 98.6 Å². The molecule has 6 aliphatic rings. The van der Waals surface area contributed by atoms with E-state index in [1.165, 1.54) is 43.4 Å². The molecule has 18 heterocycles. The van der Waals surface area contributed by atoms with Crippen molar-refractivity contribution in [1.29, 1.82) is 0 Å². The number of anilines is 4. The van der Waals surface area contributed by atoms with Gasteiger partial charge in [0, 0.05) is 112 Å². The molecule has 11 N–H and O–H groups in total. The van der Waals surface area contributed by atoms with Gasteiger partial charge in [0.15, 0.2) is 29.0 Å². The van der Waals surface area contributed by atoms with Gasteiger partial charge in [0.1, 0.15) is 28.9 Å². The third kappa shape index (κ3) is 16.9. The van der Waals surface area contributed by atoms with E-state index >= 15 is 0 Å². The van der Waals surface area contributed by atoms with E-state index in [4.69, 9.17) is 22.9 Å². The van der Waals surface area contributed by atoms with E-state index in [1.54, 1.807) is 59.1 Å². The number of fused-ring (bicyclic) bond motifs is 8. The fraction of sp³-hybridized carbons (Fsp3) is 0.413. The highest BCUT2D eigenvalue weighted by Gasteiger charge is 2.30. The van der Waals surface area contributed by atoms with Gasteiger partial charge in [-0.1, -0.05) is 34.5 Å². The van der Waals surface area contributed by atoms with Gasteiger partial charge in [-0.05, 0) is 151 Å². The van der Waals surface area contributed by atoms with E-state index in [2.05, 4.69) is 71.3 Å². The minimum atomic E-state index is -0.294. The molecule has 0 amide bonds. The van der Waals surface area contributed by atoms with Crippen LogP contribution in [0.3, 0.4) is 0 Å². The van der Waals surface area contributed by atoms with Crippen LogP contribution in [0.2, 0.25) is 0 Å². The topological polar surface area (TPSA) is 512 Å². The van der Waals surface area contributed by atoms with Crippen LogP contribution in [-0.2, 0) is 128 Å². The van der Waals surface area contributed by atoms with E-state index in [0.717, 1.165) is 135 Å². The molecule has 2 aromatic carbocycles. The first-order valence-electron chi connectivity index (χ1n) is 40.1. The molecule has 20 rings (SSSR count). The Balaban J connectivity index is 0.000000115. The SMILES string of the molecule is C[n+]1c(N=Nc2c(N)n3n(c2=O)CCCC3)sc2ccccc21.C[n+]1ccsc1N=Nc1c(N)n2n(c1=O)CCCC2.C[n+]1ccsc1N=Nc1c(O)n2n(c1=O)CCCC2.Cn1c(N=Nc2c(O)n3n(c2=O)CCCC3)[n+](C)c2ccccc21.Cn1cc[n+](C)c1N=Nc1c(N)n2n(c1=O)CCCC2.Nc1c(N=Nc2ncc[nH]2)c(=O)n2n1CCCC2. The van der Waals surface area contributed by atoms with Gasteiger partial charge in [0.25, 0.3) is 27.8 Å². The Hall–Kier alpha value is -14.1. The first kappa shape index (κ1) is 84.0. The second-order valence-corrected chi connectivity index (χ2v) is 32.4. The van der Waals surface area contributed by atoms with Crippen LogP contribution in [0.15, 0.2) is 187 Å². The Morgan fingerprint density at radius 3 is 1.11 bits per heavy atom. The van der Waals surface area contributed by atoms with Crippen molar-refractivity contribution < 1.29 is 33.0 Å². The Labute approximate surface area is 710 Å². The molecule has 6 aliphatic heterocycles. The first-order chi connectivity index (χ1) is 59.5. The van der Waals surface area contributed by atoms with Gasteiger partial charge in [0.2, 0.25) is 46.1 Å². The largest absolute Gasteiger partial charge is 0.492 e. The van der Waals surface area contributed by atoms with E-state index in [1.807, 2.05) is 165 Å². The van der Waals surface area contributed by atoms with Gasteiger partial charge in [0.05, 0.1) is 81.8 Å². The molecule has 0 bridgehead atoms. The maximum Gasteiger partial charge on any atom is 0.422 e. The zero-order valence-electron chi connectivity index (χ0n) is 68.9. The second kappa shape index (κ2) is 36.5. The van der Waals surface area contributed by atoms with Crippen LogP contribution in [0.4, 0.5) is 90.6 Å². The van der Waals surface area contributed by atoms with Gasteiger partial charge >= 0.3 is 32.9 Å². The molecule has 0 fully saturated rings.